The lowest BCUT2D eigenvalue weighted by Crippen LogP contribution is -2.42. The van der Waals surface area contributed by atoms with Gasteiger partial charge in [-0.05, 0) is 31.5 Å². The van der Waals surface area contributed by atoms with Crippen LogP contribution in [0.1, 0.15) is 12.5 Å². The van der Waals surface area contributed by atoms with Crippen LogP contribution in [0.5, 0.6) is 5.75 Å². The maximum absolute atomic E-state index is 11.7. The number of nitrogens with one attached hydrogen (secondary N) is 1. The molecule has 0 spiro atoms. The lowest BCUT2D eigenvalue weighted by Gasteiger charge is -2.12. The molecule has 2 aromatic rings. The second-order valence-corrected chi connectivity index (χ2v) is 5.18. The number of aryl methyl sites for hydroxylation is 1. The van der Waals surface area contributed by atoms with Crippen molar-refractivity contribution in [1.29, 1.82) is 0 Å². The van der Waals surface area contributed by atoms with Gasteiger partial charge in [0.25, 0.3) is 5.91 Å². The maximum atomic E-state index is 11.7. The summed E-state index contributed by atoms with van der Waals surface area (Å²) in [4.78, 5) is 45.0. The average molecular weight is 348 g/mol. The molecule has 25 heavy (non-hydrogen) atoms. The van der Waals surface area contributed by atoms with E-state index in [1.54, 1.807) is 24.4 Å². The number of primary amides is 1. The van der Waals surface area contributed by atoms with Crippen molar-refractivity contribution in [1.82, 2.24) is 5.32 Å². The summed E-state index contributed by atoms with van der Waals surface area (Å²) in [5.74, 6) is -1.38. The average Bonchev–Trinajstić information content (AvgIpc) is 2.51. The number of imide groups is 1. The van der Waals surface area contributed by atoms with Crippen LogP contribution in [0.3, 0.4) is 0 Å². The van der Waals surface area contributed by atoms with E-state index in [9.17, 15) is 19.2 Å². The van der Waals surface area contributed by atoms with Crippen molar-refractivity contribution in [2.24, 2.45) is 5.73 Å². The molecule has 1 heterocycles. The van der Waals surface area contributed by atoms with E-state index in [-0.39, 0.29) is 5.75 Å². The van der Waals surface area contributed by atoms with Crippen molar-refractivity contribution in [3.8, 4) is 5.75 Å². The SMILES string of the molecule is Cc1cc(=O)oc2cc(OCC(=O)O[C@@H](C)C(=O)NC(N)=O)ccc12. The van der Waals surface area contributed by atoms with Crippen LogP contribution in [0, 0.1) is 6.92 Å². The van der Waals surface area contributed by atoms with E-state index in [2.05, 4.69) is 0 Å². The van der Waals surface area contributed by atoms with Gasteiger partial charge in [0.05, 0.1) is 0 Å². The standard InChI is InChI=1S/C16H16N2O7/c1-8-5-13(19)25-12-6-10(3-4-11(8)12)23-7-14(20)24-9(2)15(21)18-16(17)22/h3-6,9H,7H2,1-2H3,(H3,17,18,21,22)/t9-/m0/s1. The van der Waals surface area contributed by atoms with E-state index in [1.165, 1.54) is 19.1 Å². The molecule has 0 fully saturated rings. The van der Waals surface area contributed by atoms with Crippen LogP contribution in [-0.2, 0) is 14.3 Å². The first-order valence-corrected chi connectivity index (χ1v) is 7.23. The molecule has 1 atom stereocenters. The molecular formula is C16H16N2O7. The normalized spacial score (nSPS) is 11.6. The molecule has 0 saturated heterocycles. The number of amides is 3. The number of carbonyl (C=O) groups excluding carboxylic acids is 3. The monoisotopic (exact) mass is 348 g/mol. The van der Waals surface area contributed by atoms with Crippen LogP contribution < -0.4 is 21.4 Å². The fourth-order valence-electron chi connectivity index (χ4n) is 2.05. The lowest BCUT2D eigenvalue weighted by molar-refractivity contribution is -0.156. The van der Waals surface area contributed by atoms with E-state index in [0.717, 1.165) is 10.9 Å². The smallest absolute Gasteiger partial charge is 0.344 e. The molecule has 0 saturated carbocycles. The number of ether oxygens (including phenoxy) is 2. The van der Waals surface area contributed by atoms with Crippen molar-refractivity contribution >= 4 is 28.9 Å². The van der Waals surface area contributed by atoms with E-state index < -0.39 is 36.2 Å². The molecule has 9 heteroatoms. The molecule has 1 aromatic heterocycles. The third kappa shape index (κ3) is 4.80. The molecule has 0 bridgehead atoms. The summed E-state index contributed by atoms with van der Waals surface area (Å²) >= 11 is 0. The zero-order chi connectivity index (χ0) is 18.6. The first-order chi connectivity index (χ1) is 11.8. The Morgan fingerprint density at radius 1 is 1.28 bits per heavy atom. The molecule has 2 rings (SSSR count). The van der Waals surface area contributed by atoms with Crippen molar-refractivity contribution < 1.29 is 28.3 Å². The molecule has 0 aliphatic rings. The summed E-state index contributed by atoms with van der Waals surface area (Å²) in [6, 6.07) is 5.10. The summed E-state index contributed by atoms with van der Waals surface area (Å²) in [7, 11) is 0. The zero-order valence-electron chi connectivity index (χ0n) is 13.5. The lowest BCUT2D eigenvalue weighted by atomic mass is 10.1. The van der Waals surface area contributed by atoms with Gasteiger partial charge in [-0.15, -0.1) is 0 Å². The summed E-state index contributed by atoms with van der Waals surface area (Å²) in [6.07, 6.45) is -1.21. The molecule has 9 nitrogen and oxygen atoms in total. The minimum absolute atomic E-state index is 0.285. The predicted molar refractivity (Wildman–Crippen MR) is 86.0 cm³/mol. The molecule has 0 aliphatic heterocycles. The highest BCUT2D eigenvalue weighted by Crippen LogP contribution is 2.22. The molecule has 0 radical (unpaired) electrons. The Bertz CT molecular complexity index is 888. The minimum Gasteiger partial charge on any atom is -0.482 e. The largest absolute Gasteiger partial charge is 0.482 e. The number of hydrogen-bond acceptors (Lipinski definition) is 7. The zero-order valence-corrected chi connectivity index (χ0v) is 13.5. The van der Waals surface area contributed by atoms with Crippen LogP contribution in [0.25, 0.3) is 11.0 Å². The van der Waals surface area contributed by atoms with Crippen LogP contribution in [0.2, 0.25) is 0 Å². The van der Waals surface area contributed by atoms with Crippen molar-refractivity contribution in [2.45, 2.75) is 20.0 Å². The highest BCUT2D eigenvalue weighted by Gasteiger charge is 2.19. The molecule has 3 amide bonds. The maximum Gasteiger partial charge on any atom is 0.344 e. The molecule has 3 N–H and O–H groups in total. The number of esters is 1. The van der Waals surface area contributed by atoms with Gasteiger partial charge >= 0.3 is 17.6 Å². The fourth-order valence-corrected chi connectivity index (χ4v) is 2.05. The Morgan fingerprint density at radius 3 is 2.68 bits per heavy atom. The number of fused-ring (bicyclic) bond motifs is 1. The molecule has 0 unspecified atom stereocenters. The molecule has 1 aromatic carbocycles. The first-order valence-electron chi connectivity index (χ1n) is 7.23. The fraction of sp³-hybridized carbons (Fsp3) is 0.250. The Morgan fingerprint density at radius 2 is 2.00 bits per heavy atom. The molecule has 0 aliphatic carbocycles. The van der Waals surface area contributed by atoms with Crippen LogP contribution in [-0.4, -0.2) is 30.6 Å². The van der Waals surface area contributed by atoms with Crippen LogP contribution >= 0.6 is 0 Å². The number of rotatable bonds is 5. The van der Waals surface area contributed by atoms with Gasteiger partial charge in [-0.25, -0.2) is 14.4 Å². The highest BCUT2D eigenvalue weighted by atomic mass is 16.6. The second-order valence-electron chi connectivity index (χ2n) is 5.18. The molecule has 132 valence electrons. The van der Waals surface area contributed by atoms with Gasteiger partial charge < -0.3 is 19.6 Å². The summed E-state index contributed by atoms with van der Waals surface area (Å²) in [6.45, 7) is 2.58. The Labute approximate surface area is 141 Å². The van der Waals surface area contributed by atoms with E-state index in [4.69, 9.17) is 19.6 Å². The second kappa shape index (κ2) is 7.47. The number of hydrogen-bond donors (Lipinski definition) is 2. The van der Waals surface area contributed by atoms with Gasteiger partial charge in [-0.1, -0.05) is 0 Å². The van der Waals surface area contributed by atoms with E-state index in [1.807, 2.05) is 0 Å². The van der Waals surface area contributed by atoms with Gasteiger partial charge in [0.1, 0.15) is 11.3 Å². The Balaban J connectivity index is 1.98. The highest BCUT2D eigenvalue weighted by molar-refractivity contribution is 5.96. The van der Waals surface area contributed by atoms with Crippen molar-refractivity contribution in [2.75, 3.05) is 6.61 Å². The van der Waals surface area contributed by atoms with Gasteiger partial charge in [-0.2, -0.15) is 0 Å². The third-order valence-electron chi connectivity index (χ3n) is 3.20. The number of nitrogens with two attached hydrogens (primary N) is 1. The van der Waals surface area contributed by atoms with Gasteiger partial charge in [0.15, 0.2) is 12.7 Å². The third-order valence-corrected chi connectivity index (χ3v) is 3.20. The van der Waals surface area contributed by atoms with Crippen molar-refractivity contribution in [3.63, 3.8) is 0 Å². The van der Waals surface area contributed by atoms with Crippen molar-refractivity contribution in [3.05, 3.63) is 40.2 Å². The number of carbonyl (C=O) groups is 3. The van der Waals surface area contributed by atoms with Crippen LogP contribution in [0.4, 0.5) is 4.79 Å². The summed E-state index contributed by atoms with van der Waals surface area (Å²) in [5.41, 5.74) is 5.39. The van der Waals surface area contributed by atoms with Gasteiger partial charge in [-0.3, -0.25) is 10.1 Å². The predicted octanol–water partition coefficient (Wildman–Crippen LogP) is 0.607. The van der Waals surface area contributed by atoms with Gasteiger partial charge in [0.2, 0.25) is 0 Å². The first kappa shape index (κ1) is 18.0. The summed E-state index contributed by atoms with van der Waals surface area (Å²) < 4.78 is 15.1. The van der Waals surface area contributed by atoms with E-state index >= 15 is 0 Å². The molecular weight excluding hydrogens is 332 g/mol. The minimum atomic E-state index is -1.21. The number of benzene rings is 1. The van der Waals surface area contributed by atoms with E-state index in [0.29, 0.717) is 5.58 Å². The topological polar surface area (TPSA) is 138 Å². The quantitative estimate of drug-likeness (QED) is 0.596. The summed E-state index contributed by atoms with van der Waals surface area (Å²) in [5, 5.41) is 2.53. The van der Waals surface area contributed by atoms with Crippen LogP contribution in [0.15, 0.2) is 33.5 Å². The Hall–Kier alpha value is -3.36. The Kier molecular flexibility index (Phi) is 5.38. The van der Waals surface area contributed by atoms with Gasteiger partial charge in [0, 0.05) is 17.5 Å². The number of urea groups is 1.